The fourth-order valence-corrected chi connectivity index (χ4v) is 7.03. The van der Waals surface area contributed by atoms with Crippen molar-refractivity contribution in [2.24, 2.45) is 0 Å². The number of fused-ring (bicyclic) bond motifs is 1. The number of hydrogen-bond donors (Lipinski definition) is 3. The van der Waals surface area contributed by atoms with Gasteiger partial charge in [-0.25, -0.2) is 26.5 Å². The summed E-state index contributed by atoms with van der Waals surface area (Å²) in [6.45, 7) is 0. The number of nitrogens with zero attached hydrogens (tertiary/aromatic N) is 2. The van der Waals surface area contributed by atoms with Gasteiger partial charge in [0.2, 0.25) is 26.0 Å². The van der Waals surface area contributed by atoms with Gasteiger partial charge in [0.05, 0.1) is 40.0 Å². The van der Waals surface area contributed by atoms with Crippen molar-refractivity contribution in [2.45, 2.75) is 29.0 Å². The summed E-state index contributed by atoms with van der Waals surface area (Å²) in [6, 6.07) is 21.0. The molecule has 5 rings (SSSR count). The van der Waals surface area contributed by atoms with E-state index in [2.05, 4.69) is 14.7 Å². The lowest BCUT2D eigenvalue weighted by atomic mass is 9.97. The number of carbonyl (C=O) groups is 1. The van der Waals surface area contributed by atoms with Crippen LogP contribution in [0, 0.1) is 11.3 Å². The highest BCUT2D eigenvalue weighted by molar-refractivity contribution is 7.90. The normalized spacial score (nSPS) is 17.8. The molecule has 0 aliphatic carbocycles. The molecule has 1 unspecified atom stereocenters. The third-order valence-electron chi connectivity index (χ3n) is 6.11. The zero-order chi connectivity index (χ0) is 26.2. The fourth-order valence-electron chi connectivity index (χ4n) is 4.36. The number of nitrogens with one attached hydrogen (secondary N) is 3. The fraction of sp³-hybridized carbons (Fsp3) is 0.160. The Morgan fingerprint density at radius 2 is 1.81 bits per heavy atom. The molecule has 10 nitrogen and oxygen atoms in total. The number of benzene rings is 3. The first kappa shape index (κ1) is 24.6. The van der Waals surface area contributed by atoms with E-state index in [1.807, 2.05) is 29.0 Å². The monoisotopic (exact) mass is 535 g/mol. The van der Waals surface area contributed by atoms with Crippen LogP contribution in [0.2, 0.25) is 0 Å². The van der Waals surface area contributed by atoms with Gasteiger partial charge < -0.3 is 4.98 Å². The van der Waals surface area contributed by atoms with E-state index in [1.165, 1.54) is 24.3 Å². The summed E-state index contributed by atoms with van der Waals surface area (Å²) in [5.41, 5.74) is 2.29. The molecule has 1 aromatic heterocycles. The second kappa shape index (κ2) is 9.44. The zero-order valence-corrected chi connectivity index (χ0v) is 20.9. The molecular formula is C25H21N5O5S2. The standard InChI is InChI=1S/C25H21N5O5S2/c26-15-17-12-16(10-11-19(17)23-14-24(31)30-37(23,34)35)13-22(25-27-20-8-4-5-9-21(20)28-25)29-36(32,33)18-6-2-1-3-7-18/h1-12,22-23,29H,13-14H2,(H,27,28)(H,30,31)/t22-,23?/m0/s1. The highest BCUT2D eigenvalue weighted by Crippen LogP contribution is 2.33. The number of aromatic nitrogens is 2. The van der Waals surface area contributed by atoms with Gasteiger partial charge in [-0.1, -0.05) is 42.5 Å². The van der Waals surface area contributed by atoms with Crippen LogP contribution in [0.1, 0.15) is 40.2 Å². The maximum absolute atomic E-state index is 13.2. The quantitative estimate of drug-likeness (QED) is 0.328. The Hall–Kier alpha value is -4.05. The van der Waals surface area contributed by atoms with E-state index in [4.69, 9.17) is 0 Å². The molecule has 0 bridgehead atoms. The van der Waals surface area contributed by atoms with E-state index in [-0.39, 0.29) is 28.9 Å². The highest BCUT2D eigenvalue weighted by Gasteiger charge is 2.39. The van der Waals surface area contributed by atoms with Gasteiger partial charge in [0.1, 0.15) is 11.1 Å². The van der Waals surface area contributed by atoms with Gasteiger partial charge in [-0.2, -0.15) is 5.26 Å². The van der Waals surface area contributed by atoms with Crippen molar-refractivity contribution >= 4 is 37.0 Å². The van der Waals surface area contributed by atoms with Gasteiger partial charge in [0.15, 0.2) is 0 Å². The van der Waals surface area contributed by atoms with Crippen molar-refractivity contribution in [2.75, 3.05) is 0 Å². The van der Waals surface area contributed by atoms with E-state index in [9.17, 15) is 26.9 Å². The van der Waals surface area contributed by atoms with Crippen molar-refractivity contribution in [1.29, 1.82) is 5.26 Å². The summed E-state index contributed by atoms with van der Waals surface area (Å²) in [7, 11) is -7.85. The van der Waals surface area contributed by atoms with Crippen LogP contribution in [-0.2, 0) is 31.3 Å². The minimum absolute atomic E-state index is 0.0905. The molecule has 3 N–H and O–H groups in total. The van der Waals surface area contributed by atoms with Crippen molar-refractivity contribution in [3.05, 3.63) is 95.3 Å². The Morgan fingerprint density at radius 1 is 1.08 bits per heavy atom. The van der Waals surface area contributed by atoms with E-state index < -0.39 is 37.2 Å². The molecule has 188 valence electrons. The van der Waals surface area contributed by atoms with Crippen LogP contribution in [0.5, 0.6) is 0 Å². The summed E-state index contributed by atoms with van der Waals surface area (Å²) in [6.07, 6.45) is -0.149. The molecule has 1 fully saturated rings. The van der Waals surface area contributed by atoms with Crippen molar-refractivity contribution in [1.82, 2.24) is 19.4 Å². The van der Waals surface area contributed by atoms with Gasteiger partial charge in [-0.05, 0) is 47.9 Å². The topological polar surface area (TPSA) is 162 Å². The lowest BCUT2D eigenvalue weighted by Crippen LogP contribution is -2.31. The lowest BCUT2D eigenvalue weighted by molar-refractivity contribution is -0.118. The molecule has 0 saturated carbocycles. The van der Waals surface area contributed by atoms with Crippen LogP contribution >= 0.6 is 0 Å². The first-order valence-electron chi connectivity index (χ1n) is 11.3. The first-order chi connectivity index (χ1) is 17.7. The summed E-state index contributed by atoms with van der Waals surface area (Å²) in [5, 5.41) is 8.58. The molecule has 0 radical (unpaired) electrons. The Balaban J connectivity index is 1.52. The van der Waals surface area contributed by atoms with Crippen LogP contribution in [-0.4, -0.2) is 32.7 Å². The van der Waals surface area contributed by atoms with Crippen LogP contribution in [0.3, 0.4) is 0 Å². The molecule has 4 aromatic rings. The van der Waals surface area contributed by atoms with Crippen molar-refractivity contribution in [3.63, 3.8) is 0 Å². The van der Waals surface area contributed by atoms with Crippen molar-refractivity contribution in [3.8, 4) is 6.07 Å². The van der Waals surface area contributed by atoms with E-state index in [0.717, 1.165) is 5.52 Å². The number of carbonyl (C=O) groups excluding carboxylic acids is 1. The maximum atomic E-state index is 13.2. The van der Waals surface area contributed by atoms with E-state index >= 15 is 0 Å². The SMILES string of the molecule is N#Cc1cc(C[C@H](NS(=O)(=O)c2ccccc2)c2nc3ccccc3[nH]2)ccc1C1CC(=O)NS1(=O)=O. The van der Waals surface area contributed by atoms with Crippen LogP contribution in [0.25, 0.3) is 11.0 Å². The Labute approximate surface area is 213 Å². The van der Waals surface area contributed by atoms with Gasteiger partial charge in [-0.3, -0.25) is 9.52 Å². The van der Waals surface area contributed by atoms with E-state index in [1.54, 1.807) is 30.3 Å². The average Bonchev–Trinajstić information content (AvgIpc) is 3.43. The van der Waals surface area contributed by atoms with Crippen LogP contribution < -0.4 is 9.44 Å². The molecule has 1 amide bonds. The summed E-state index contributed by atoms with van der Waals surface area (Å²) in [4.78, 5) is 19.5. The largest absolute Gasteiger partial charge is 0.341 e. The van der Waals surface area contributed by atoms with Gasteiger partial charge in [-0.15, -0.1) is 0 Å². The molecule has 37 heavy (non-hydrogen) atoms. The molecule has 1 aliphatic rings. The minimum atomic E-state index is -3.93. The van der Waals surface area contributed by atoms with Gasteiger partial charge >= 0.3 is 0 Å². The predicted octanol–water partition coefficient (Wildman–Crippen LogP) is 2.59. The van der Waals surface area contributed by atoms with Crippen LogP contribution in [0.4, 0.5) is 0 Å². The molecule has 12 heteroatoms. The molecule has 3 aromatic carbocycles. The number of hydrogen-bond acceptors (Lipinski definition) is 7. The molecule has 1 aliphatic heterocycles. The third kappa shape index (κ3) is 4.97. The van der Waals surface area contributed by atoms with Crippen molar-refractivity contribution < 1.29 is 21.6 Å². The molecule has 1 saturated heterocycles. The highest BCUT2D eigenvalue weighted by atomic mass is 32.2. The smallest absolute Gasteiger partial charge is 0.242 e. The number of imidazole rings is 1. The number of H-pyrrole nitrogens is 1. The second-order valence-corrected chi connectivity index (χ2v) is 12.2. The average molecular weight is 536 g/mol. The second-order valence-electron chi connectivity index (χ2n) is 8.63. The number of rotatable bonds is 7. The molecule has 2 heterocycles. The predicted molar refractivity (Wildman–Crippen MR) is 135 cm³/mol. The number of aromatic amines is 1. The summed E-state index contributed by atoms with van der Waals surface area (Å²) in [5.74, 6) is -0.241. The maximum Gasteiger partial charge on any atom is 0.242 e. The molecular weight excluding hydrogens is 514 g/mol. The number of para-hydroxylation sites is 2. The lowest BCUT2D eigenvalue weighted by Gasteiger charge is -2.18. The Kier molecular flexibility index (Phi) is 6.28. The number of sulfonamides is 2. The first-order valence-corrected chi connectivity index (χ1v) is 14.3. The van der Waals surface area contributed by atoms with Crippen LogP contribution in [0.15, 0.2) is 77.7 Å². The van der Waals surface area contributed by atoms with E-state index in [0.29, 0.717) is 16.9 Å². The zero-order valence-electron chi connectivity index (χ0n) is 19.2. The third-order valence-corrected chi connectivity index (χ3v) is 9.28. The molecule has 0 spiro atoms. The summed E-state index contributed by atoms with van der Waals surface area (Å²) < 4.78 is 55.7. The number of nitriles is 1. The van der Waals surface area contributed by atoms with Gasteiger partial charge in [0.25, 0.3) is 0 Å². The summed E-state index contributed by atoms with van der Waals surface area (Å²) >= 11 is 0. The molecule has 2 atom stereocenters. The Bertz CT molecular complexity index is 1730. The van der Waals surface area contributed by atoms with Gasteiger partial charge in [0, 0.05) is 0 Å². The number of amides is 1. The minimum Gasteiger partial charge on any atom is -0.341 e. The Morgan fingerprint density at radius 3 is 2.49 bits per heavy atom.